The zero-order valence-electron chi connectivity index (χ0n) is 10.7. The summed E-state index contributed by atoms with van der Waals surface area (Å²) in [4.78, 5) is 4.31. The molecule has 1 atom stereocenters. The van der Waals surface area contributed by atoms with Crippen LogP contribution in [-0.2, 0) is 0 Å². The van der Waals surface area contributed by atoms with E-state index in [4.69, 9.17) is 4.74 Å². The number of nitrogens with zero attached hydrogens (tertiary/aromatic N) is 1. The number of hydrogen-bond donors (Lipinski definition) is 1. The SMILES string of the molecule is CNC(c1cccc(OC)c1F)c1ncccc1Br. The molecule has 1 heterocycles. The first-order valence-corrected chi connectivity index (χ1v) is 6.58. The van der Waals surface area contributed by atoms with E-state index in [9.17, 15) is 4.39 Å². The summed E-state index contributed by atoms with van der Waals surface area (Å²) in [6, 6.07) is 8.44. The van der Waals surface area contributed by atoms with Crippen LogP contribution >= 0.6 is 15.9 Å². The van der Waals surface area contributed by atoms with E-state index in [2.05, 4.69) is 26.2 Å². The van der Waals surface area contributed by atoms with Crippen molar-refractivity contribution in [1.29, 1.82) is 0 Å². The molecule has 19 heavy (non-hydrogen) atoms. The second kappa shape index (κ2) is 6.12. The Morgan fingerprint density at radius 3 is 2.74 bits per heavy atom. The number of rotatable bonds is 4. The fourth-order valence-corrected chi connectivity index (χ4v) is 2.44. The number of pyridine rings is 1. The molecule has 0 radical (unpaired) electrons. The van der Waals surface area contributed by atoms with E-state index in [-0.39, 0.29) is 17.6 Å². The van der Waals surface area contributed by atoms with Gasteiger partial charge in [-0.2, -0.15) is 0 Å². The fraction of sp³-hybridized carbons (Fsp3) is 0.214. The normalized spacial score (nSPS) is 12.2. The van der Waals surface area contributed by atoms with Crippen LogP contribution in [0.4, 0.5) is 4.39 Å². The third-order valence-electron chi connectivity index (χ3n) is 2.87. The number of hydrogen-bond acceptors (Lipinski definition) is 3. The summed E-state index contributed by atoms with van der Waals surface area (Å²) in [6.07, 6.45) is 1.68. The third kappa shape index (κ3) is 2.77. The number of ether oxygens (including phenoxy) is 1. The first kappa shape index (κ1) is 14.0. The molecule has 0 aliphatic rings. The van der Waals surface area contributed by atoms with Crippen LogP contribution in [0.5, 0.6) is 5.75 Å². The minimum absolute atomic E-state index is 0.227. The zero-order valence-corrected chi connectivity index (χ0v) is 12.2. The predicted octanol–water partition coefficient (Wildman–Crippen LogP) is 3.30. The number of methoxy groups -OCH3 is 1. The van der Waals surface area contributed by atoms with Crippen LogP contribution in [-0.4, -0.2) is 19.1 Å². The molecule has 0 aliphatic heterocycles. The van der Waals surface area contributed by atoms with Crippen molar-refractivity contribution in [2.75, 3.05) is 14.2 Å². The first-order valence-electron chi connectivity index (χ1n) is 5.79. The van der Waals surface area contributed by atoms with Gasteiger partial charge in [0.05, 0.1) is 18.8 Å². The van der Waals surface area contributed by atoms with Crippen LogP contribution in [0.3, 0.4) is 0 Å². The highest BCUT2D eigenvalue weighted by molar-refractivity contribution is 9.10. The van der Waals surface area contributed by atoms with Crippen LogP contribution in [0, 0.1) is 5.82 Å². The Kier molecular flexibility index (Phi) is 4.50. The summed E-state index contributed by atoms with van der Waals surface area (Å²) in [5, 5.41) is 3.08. The second-order valence-electron chi connectivity index (χ2n) is 3.96. The van der Waals surface area contributed by atoms with Crippen molar-refractivity contribution in [2.24, 2.45) is 0 Å². The maximum absolute atomic E-state index is 14.3. The molecule has 1 aromatic heterocycles. The van der Waals surface area contributed by atoms with Crippen molar-refractivity contribution in [3.05, 3.63) is 58.1 Å². The topological polar surface area (TPSA) is 34.1 Å². The molecule has 3 nitrogen and oxygen atoms in total. The third-order valence-corrected chi connectivity index (χ3v) is 3.54. The van der Waals surface area contributed by atoms with Gasteiger partial charge in [-0.25, -0.2) is 4.39 Å². The maximum Gasteiger partial charge on any atom is 0.170 e. The van der Waals surface area contributed by atoms with Crippen molar-refractivity contribution in [3.63, 3.8) is 0 Å². The number of aromatic nitrogens is 1. The molecule has 0 bridgehead atoms. The summed E-state index contributed by atoms with van der Waals surface area (Å²) in [6.45, 7) is 0. The molecular formula is C14H14BrFN2O. The number of halogens is 2. The van der Waals surface area contributed by atoms with Gasteiger partial charge in [-0.05, 0) is 41.2 Å². The van der Waals surface area contributed by atoms with Crippen molar-refractivity contribution in [1.82, 2.24) is 10.3 Å². The Balaban J connectivity index is 2.52. The molecule has 0 amide bonds. The lowest BCUT2D eigenvalue weighted by Crippen LogP contribution is -2.20. The second-order valence-corrected chi connectivity index (χ2v) is 4.81. The predicted molar refractivity (Wildman–Crippen MR) is 75.8 cm³/mol. The lowest BCUT2D eigenvalue weighted by molar-refractivity contribution is 0.382. The molecule has 1 aromatic carbocycles. The average molecular weight is 325 g/mol. The smallest absolute Gasteiger partial charge is 0.170 e. The van der Waals surface area contributed by atoms with Gasteiger partial charge in [-0.1, -0.05) is 12.1 Å². The standard InChI is InChI=1S/C14H14BrFN2O/c1-17-13(14-10(15)6-4-8-18-14)9-5-3-7-11(19-2)12(9)16/h3-8,13,17H,1-2H3. The van der Waals surface area contributed by atoms with Gasteiger partial charge < -0.3 is 10.1 Å². The molecule has 1 N–H and O–H groups in total. The Bertz CT molecular complexity index is 577. The summed E-state index contributed by atoms with van der Waals surface area (Å²) >= 11 is 3.44. The van der Waals surface area contributed by atoms with Crippen molar-refractivity contribution >= 4 is 15.9 Å². The molecule has 0 aliphatic carbocycles. The minimum atomic E-state index is -0.373. The van der Waals surface area contributed by atoms with Gasteiger partial charge in [0.15, 0.2) is 11.6 Å². The molecule has 0 saturated heterocycles. The highest BCUT2D eigenvalue weighted by atomic mass is 79.9. The quantitative estimate of drug-likeness (QED) is 0.937. The van der Waals surface area contributed by atoms with Crippen LogP contribution in [0.1, 0.15) is 17.3 Å². The Hall–Kier alpha value is -1.46. The molecule has 1 unspecified atom stereocenters. The molecule has 5 heteroatoms. The lowest BCUT2D eigenvalue weighted by atomic mass is 10.0. The first-order chi connectivity index (χ1) is 9.19. The summed E-state index contributed by atoms with van der Waals surface area (Å²) in [5.74, 6) is -0.147. The molecule has 2 aromatic rings. The molecule has 100 valence electrons. The molecule has 2 rings (SSSR count). The van der Waals surface area contributed by atoms with Gasteiger partial charge in [0.25, 0.3) is 0 Å². The fourth-order valence-electron chi connectivity index (χ4n) is 1.96. The monoisotopic (exact) mass is 324 g/mol. The van der Waals surface area contributed by atoms with E-state index in [0.717, 1.165) is 10.2 Å². The van der Waals surface area contributed by atoms with Gasteiger partial charge in [-0.3, -0.25) is 4.98 Å². The maximum atomic E-state index is 14.3. The van der Waals surface area contributed by atoms with Crippen LogP contribution in [0.15, 0.2) is 41.0 Å². The van der Waals surface area contributed by atoms with Gasteiger partial charge in [0.1, 0.15) is 0 Å². The van der Waals surface area contributed by atoms with E-state index >= 15 is 0 Å². The number of benzene rings is 1. The van der Waals surface area contributed by atoms with E-state index in [1.807, 2.05) is 12.1 Å². The average Bonchev–Trinajstić information content (AvgIpc) is 2.43. The highest BCUT2D eigenvalue weighted by Gasteiger charge is 2.21. The van der Waals surface area contributed by atoms with Crippen LogP contribution in [0.25, 0.3) is 0 Å². The largest absolute Gasteiger partial charge is 0.494 e. The lowest BCUT2D eigenvalue weighted by Gasteiger charge is -2.19. The van der Waals surface area contributed by atoms with Crippen LogP contribution in [0.2, 0.25) is 0 Å². The van der Waals surface area contributed by atoms with E-state index in [1.54, 1.807) is 31.4 Å². The van der Waals surface area contributed by atoms with E-state index < -0.39 is 0 Å². The Morgan fingerprint density at radius 1 is 1.32 bits per heavy atom. The molecule has 0 fully saturated rings. The summed E-state index contributed by atoms with van der Waals surface area (Å²) in [5.41, 5.74) is 1.23. The van der Waals surface area contributed by atoms with E-state index in [0.29, 0.717) is 5.56 Å². The van der Waals surface area contributed by atoms with Gasteiger partial charge in [0.2, 0.25) is 0 Å². The van der Waals surface area contributed by atoms with Crippen molar-refractivity contribution in [3.8, 4) is 5.75 Å². The molecular weight excluding hydrogens is 311 g/mol. The van der Waals surface area contributed by atoms with E-state index in [1.165, 1.54) is 7.11 Å². The Labute approximate surface area is 119 Å². The number of nitrogens with one attached hydrogen (secondary N) is 1. The summed E-state index contributed by atoms with van der Waals surface area (Å²) in [7, 11) is 3.22. The molecule has 0 saturated carbocycles. The molecule has 0 spiro atoms. The summed E-state index contributed by atoms with van der Waals surface area (Å²) < 4.78 is 20.2. The van der Waals surface area contributed by atoms with Gasteiger partial charge in [0, 0.05) is 16.2 Å². The zero-order chi connectivity index (χ0) is 13.8. The van der Waals surface area contributed by atoms with Gasteiger partial charge in [-0.15, -0.1) is 0 Å². The minimum Gasteiger partial charge on any atom is -0.494 e. The van der Waals surface area contributed by atoms with Crippen LogP contribution < -0.4 is 10.1 Å². The van der Waals surface area contributed by atoms with Gasteiger partial charge >= 0.3 is 0 Å². The highest BCUT2D eigenvalue weighted by Crippen LogP contribution is 2.31. The van der Waals surface area contributed by atoms with Crippen molar-refractivity contribution < 1.29 is 9.13 Å². The Morgan fingerprint density at radius 2 is 2.11 bits per heavy atom. The van der Waals surface area contributed by atoms with Crippen molar-refractivity contribution in [2.45, 2.75) is 6.04 Å².